The molecule has 0 aromatic heterocycles. The third kappa shape index (κ3) is 2.16. The minimum absolute atomic E-state index is 0.0351. The first kappa shape index (κ1) is 16.6. The third-order valence-corrected chi connectivity index (χ3v) is 6.16. The van der Waals surface area contributed by atoms with E-state index in [1.807, 2.05) is 24.3 Å². The highest BCUT2D eigenvalue weighted by Crippen LogP contribution is 2.57. The number of methoxy groups -OCH3 is 1. The molecule has 0 saturated carbocycles. The molecule has 0 saturated heterocycles. The van der Waals surface area contributed by atoms with E-state index in [1.165, 1.54) is 0 Å². The highest BCUT2D eigenvalue weighted by molar-refractivity contribution is 5.65. The summed E-state index contributed by atoms with van der Waals surface area (Å²) in [6, 6.07) is 7.58. The van der Waals surface area contributed by atoms with Gasteiger partial charge in [-0.1, -0.05) is 19.9 Å². The Bertz CT molecular complexity index is 923. The molecule has 0 radical (unpaired) electrons. The fraction of sp³-hybridized carbons (Fsp3) is 0.429. The van der Waals surface area contributed by atoms with Gasteiger partial charge in [-0.2, -0.15) is 0 Å². The van der Waals surface area contributed by atoms with E-state index in [2.05, 4.69) is 13.8 Å². The molecule has 0 spiro atoms. The minimum Gasteiger partial charge on any atom is -0.493 e. The number of hydrogen-bond donors (Lipinski definition) is 1. The molecular weight excluding hydrogens is 348 g/mol. The van der Waals surface area contributed by atoms with Crippen molar-refractivity contribution in [3.05, 3.63) is 41.0 Å². The zero-order chi connectivity index (χ0) is 18.8. The molecule has 3 unspecified atom stereocenters. The summed E-state index contributed by atoms with van der Waals surface area (Å²) in [5, 5.41) is 12.1. The van der Waals surface area contributed by atoms with Crippen molar-refractivity contribution in [2.75, 3.05) is 20.7 Å². The van der Waals surface area contributed by atoms with Gasteiger partial charge in [0.05, 0.1) is 7.11 Å². The summed E-state index contributed by atoms with van der Waals surface area (Å²) in [5.41, 5.74) is 1.30. The molecule has 5 rings (SSSR count). The molecule has 27 heavy (non-hydrogen) atoms. The zero-order valence-corrected chi connectivity index (χ0v) is 15.6. The summed E-state index contributed by atoms with van der Waals surface area (Å²) in [4.78, 5) is 0. The molecule has 1 aliphatic carbocycles. The number of aliphatic hydroxyl groups is 1. The molecule has 0 amide bonds. The molecular formula is C21H22O6. The van der Waals surface area contributed by atoms with Gasteiger partial charge >= 0.3 is 0 Å². The van der Waals surface area contributed by atoms with Crippen LogP contribution in [-0.2, 0) is 12.0 Å². The van der Waals surface area contributed by atoms with Crippen molar-refractivity contribution in [1.82, 2.24) is 0 Å². The number of fused-ring (bicyclic) bond motifs is 4. The summed E-state index contributed by atoms with van der Waals surface area (Å²) in [7, 11) is 1.61. The topological polar surface area (TPSA) is 66.4 Å². The van der Waals surface area contributed by atoms with Crippen molar-refractivity contribution in [2.45, 2.75) is 25.9 Å². The average Bonchev–Trinajstić information content (AvgIpc) is 3.33. The summed E-state index contributed by atoms with van der Waals surface area (Å²) in [6.07, 6.45) is 0.830. The van der Waals surface area contributed by atoms with Crippen molar-refractivity contribution >= 4 is 0 Å². The predicted octanol–water partition coefficient (Wildman–Crippen LogP) is 3.22. The Morgan fingerprint density at radius 1 is 1.00 bits per heavy atom. The highest BCUT2D eigenvalue weighted by Gasteiger charge is 2.49. The molecule has 2 heterocycles. The Balaban J connectivity index is 1.77. The van der Waals surface area contributed by atoms with E-state index in [1.54, 1.807) is 7.11 Å². The number of rotatable bonds is 2. The highest BCUT2D eigenvalue weighted by atomic mass is 16.7. The zero-order valence-electron chi connectivity index (χ0n) is 15.6. The van der Waals surface area contributed by atoms with E-state index in [4.69, 9.17) is 23.7 Å². The van der Waals surface area contributed by atoms with Crippen LogP contribution in [0.4, 0.5) is 0 Å². The Morgan fingerprint density at radius 3 is 2.56 bits per heavy atom. The van der Waals surface area contributed by atoms with Crippen LogP contribution in [0.1, 0.15) is 30.5 Å². The average molecular weight is 370 g/mol. The number of ether oxygens (including phenoxy) is 5. The van der Waals surface area contributed by atoms with E-state index in [0.717, 1.165) is 23.1 Å². The molecule has 1 N–H and O–H groups in total. The van der Waals surface area contributed by atoms with Crippen molar-refractivity contribution in [3.8, 4) is 28.7 Å². The SMILES string of the molecule is COc1cc2c(c3c1OCO3)C(O)(c1ccc3c(c1)OCO3)C(C)C(C)C2. The molecule has 0 fully saturated rings. The molecule has 3 atom stereocenters. The monoisotopic (exact) mass is 370 g/mol. The van der Waals surface area contributed by atoms with Gasteiger partial charge in [-0.25, -0.2) is 0 Å². The van der Waals surface area contributed by atoms with Crippen molar-refractivity contribution in [1.29, 1.82) is 0 Å². The Labute approximate surface area is 157 Å². The predicted molar refractivity (Wildman–Crippen MR) is 96.7 cm³/mol. The van der Waals surface area contributed by atoms with Crippen molar-refractivity contribution in [3.63, 3.8) is 0 Å². The van der Waals surface area contributed by atoms with E-state index in [0.29, 0.717) is 28.7 Å². The van der Waals surface area contributed by atoms with Gasteiger partial charge in [0.25, 0.3) is 0 Å². The molecule has 6 nitrogen and oxygen atoms in total. The van der Waals surface area contributed by atoms with Crippen LogP contribution in [0.2, 0.25) is 0 Å². The molecule has 6 heteroatoms. The lowest BCUT2D eigenvalue weighted by molar-refractivity contribution is -0.0119. The van der Waals surface area contributed by atoms with Crippen LogP contribution in [-0.4, -0.2) is 25.8 Å². The van der Waals surface area contributed by atoms with E-state index in [-0.39, 0.29) is 25.4 Å². The molecule has 2 aliphatic heterocycles. The lowest BCUT2D eigenvalue weighted by Gasteiger charge is -2.44. The molecule has 0 bridgehead atoms. The van der Waals surface area contributed by atoms with E-state index >= 15 is 0 Å². The standard InChI is InChI=1S/C21H22O6/c1-11-6-13-7-17(23-3)19-20(27-10-26-19)18(13)21(22,12(11)2)14-4-5-15-16(8-14)25-9-24-15/h4-5,7-8,11-12,22H,6,9-10H2,1-3H3. The van der Waals surface area contributed by atoms with E-state index < -0.39 is 5.60 Å². The van der Waals surface area contributed by atoms with Crippen LogP contribution < -0.4 is 23.7 Å². The van der Waals surface area contributed by atoms with Crippen LogP contribution in [0.5, 0.6) is 28.7 Å². The largest absolute Gasteiger partial charge is 0.493 e. The van der Waals surface area contributed by atoms with E-state index in [9.17, 15) is 5.11 Å². The molecule has 142 valence electrons. The second-order valence-electron chi connectivity index (χ2n) is 7.48. The number of benzene rings is 2. The number of hydrogen-bond acceptors (Lipinski definition) is 6. The minimum atomic E-state index is -1.24. The fourth-order valence-electron chi connectivity index (χ4n) is 4.52. The maximum absolute atomic E-state index is 12.1. The van der Waals surface area contributed by atoms with Gasteiger partial charge in [0, 0.05) is 5.56 Å². The maximum atomic E-state index is 12.1. The normalized spacial score (nSPS) is 27.4. The van der Waals surface area contributed by atoms with Crippen LogP contribution >= 0.6 is 0 Å². The molecule has 2 aromatic carbocycles. The second-order valence-corrected chi connectivity index (χ2v) is 7.48. The van der Waals surface area contributed by atoms with Crippen LogP contribution in [0, 0.1) is 11.8 Å². The van der Waals surface area contributed by atoms with Gasteiger partial charge in [-0.15, -0.1) is 0 Å². The van der Waals surface area contributed by atoms with Gasteiger partial charge in [-0.3, -0.25) is 0 Å². The van der Waals surface area contributed by atoms with Crippen LogP contribution in [0.15, 0.2) is 24.3 Å². The first-order chi connectivity index (χ1) is 13.0. The maximum Gasteiger partial charge on any atom is 0.231 e. The first-order valence-electron chi connectivity index (χ1n) is 9.16. The first-order valence-corrected chi connectivity index (χ1v) is 9.16. The van der Waals surface area contributed by atoms with Crippen LogP contribution in [0.3, 0.4) is 0 Å². The van der Waals surface area contributed by atoms with Gasteiger partial charge in [0.2, 0.25) is 19.3 Å². The summed E-state index contributed by atoms with van der Waals surface area (Å²) < 4.78 is 27.9. The van der Waals surface area contributed by atoms with Gasteiger partial charge in [0.1, 0.15) is 5.60 Å². The summed E-state index contributed by atoms with van der Waals surface area (Å²) in [5.74, 6) is 3.33. The van der Waals surface area contributed by atoms with Gasteiger partial charge in [0.15, 0.2) is 23.0 Å². The quantitative estimate of drug-likeness (QED) is 0.876. The van der Waals surface area contributed by atoms with Crippen molar-refractivity contribution in [2.24, 2.45) is 11.8 Å². The van der Waals surface area contributed by atoms with Crippen molar-refractivity contribution < 1.29 is 28.8 Å². The lowest BCUT2D eigenvalue weighted by Crippen LogP contribution is -2.43. The Morgan fingerprint density at radius 2 is 1.74 bits per heavy atom. The van der Waals surface area contributed by atoms with Crippen LogP contribution in [0.25, 0.3) is 0 Å². The summed E-state index contributed by atoms with van der Waals surface area (Å²) >= 11 is 0. The van der Waals surface area contributed by atoms with Gasteiger partial charge in [-0.05, 0) is 47.6 Å². The fourth-order valence-corrected chi connectivity index (χ4v) is 4.52. The molecule has 2 aromatic rings. The lowest BCUT2D eigenvalue weighted by atomic mass is 9.64. The Hall–Kier alpha value is -2.60. The smallest absolute Gasteiger partial charge is 0.231 e. The third-order valence-electron chi connectivity index (χ3n) is 6.16. The van der Waals surface area contributed by atoms with Gasteiger partial charge < -0.3 is 28.8 Å². The second kappa shape index (κ2) is 5.70. The Kier molecular flexibility index (Phi) is 3.49. The summed E-state index contributed by atoms with van der Waals surface area (Å²) in [6.45, 7) is 4.54. The molecule has 3 aliphatic rings.